The minimum atomic E-state index is -0.600. The molecule has 0 spiro atoms. The van der Waals surface area contributed by atoms with Crippen molar-refractivity contribution in [2.75, 3.05) is 13.7 Å². The van der Waals surface area contributed by atoms with Gasteiger partial charge < -0.3 is 19.7 Å². The predicted octanol–water partition coefficient (Wildman–Crippen LogP) is 4.45. The summed E-state index contributed by atoms with van der Waals surface area (Å²) in [6.45, 7) is 5.96. The number of ether oxygens (including phenoxy) is 2. The largest absolute Gasteiger partial charge is 0.497 e. The summed E-state index contributed by atoms with van der Waals surface area (Å²) in [5.74, 6) is 0.828. The van der Waals surface area contributed by atoms with Crippen LogP contribution in [0.1, 0.15) is 39.2 Å². The van der Waals surface area contributed by atoms with E-state index in [1.807, 2.05) is 32.9 Å². The molecule has 6 nitrogen and oxygen atoms in total. The molecule has 2 rings (SSSR count). The lowest BCUT2D eigenvalue weighted by atomic mass is 10.1. The molecule has 0 heterocycles. The summed E-state index contributed by atoms with van der Waals surface area (Å²) >= 11 is 5.99. The average Bonchev–Trinajstić information content (AvgIpc) is 2.78. The highest BCUT2D eigenvalue weighted by molar-refractivity contribution is 6.30. The van der Waals surface area contributed by atoms with E-state index in [4.69, 9.17) is 21.1 Å². The molecule has 2 aromatic rings. The molecule has 0 aliphatic heterocycles. The summed E-state index contributed by atoms with van der Waals surface area (Å²) in [4.78, 5) is 27.6. The maximum Gasteiger partial charge on any atom is 0.261 e. The third-order valence-corrected chi connectivity index (χ3v) is 5.33. The monoisotopic (exact) mass is 446 g/mol. The number of amides is 2. The topological polar surface area (TPSA) is 67.9 Å². The molecule has 0 aromatic heterocycles. The second kappa shape index (κ2) is 12.2. The third-order valence-electron chi connectivity index (χ3n) is 5.07. The number of nitrogens with zero attached hydrogens (tertiary/aromatic N) is 1. The molecular formula is C24H31ClN2O4. The number of rotatable bonds is 11. The Morgan fingerprint density at radius 3 is 2.16 bits per heavy atom. The number of halogens is 1. The fourth-order valence-corrected chi connectivity index (χ4v) is 3.17. The van der Waals surface area contributed by atoms with Gasteiger partial charge in [-0.2, -0.15) is 0 Å². The predicted molar refractivity (Wildman–Crippen MR) is 122 cm³/mol. The van der Waals surface area contributed by atoms with Crippen LogP contribution in [0.4, 0.5) is 0 Å². The van der Waals surface area contributed by atoms with Gasteiger partial charge in [-0.05, 0) is 61.7 Å². The third kappa shape index (κ3) is 7.47. The molecule has 31 heavy (non-hydrogen) atoms. The van der Waals surface area contributed by atoms with Gasteiger partial charge in [0, 0.05) is 17.6 Å². The molecule has 7 heteroatoms. The fourth-order valence-electron chi connectivity index (χ4n) is 3.05. The van der Waals surface area contributed by atoms with E-state index in [0.29, 0.717) is 22.9 Å². The molecule has 1 N–H and O–H groups in total. The molecule has 0 aliphatic rings. The molecule has 0 saturated carbocycles. The van der Waals surface area contributed by atoms with E-state index >= 15 is 0 Å². The highest BCUT2D eigenvalue weighted by Gasteiger charge is 2.29. The summed E-state index contributed by atoms with van der Waals surface area (Å²) < 4.78 is 10.8. The first-order valence-electron chi connectivity index (χ1n) is 10.5. The van der Waals surface area contributed by atoms with Crippen molar-refractivity contribution in [1.82, 2.24) is 10.2 Å². The minimum absolute atomic E-state index is 0.0320. The van der Waals surface area contributed by atoms with Crippen molar-refractivity contribution in [3.05, 3.63) is 59.1 Å². The Balaban J connectivity index is 2.18. The first-order chi connectivity index (χ1) is 14.9. The first kappa shape index (κ1) is 24.5. The Morgan fingerprint density at radius 1 is 1.00 bits per heavy atom. The molecule has 0 saturated heterocycles. The van der Waals surface area contributed by atoms with E-state index in [1.54, 1.807) is 48.4 Å². The summed E-state index contributed by atoms with van der Waals surface area (Å²) in [7, 11) is 1.59. The van der Waals surface area contributed by atoms with Gasteiger partial charge in [-0.15, -0.1) is 0 Å². The van der Waals surface area contributed by atoms with E-state index in [-0.39, 0.29) is 31.0 Å². The maximum atomic E-state index is 13.1. The number of benzene rings is 2. The molecule has 0 bridgehead atoms. The lowest BCUT2D eigenvalue weighted by molar-refractivity contribution is -0.143. The Bertz CT molecular complexity index is 840. The number of nitrogens with one attached hydrogen (secondary N) is 1. The van der Waals surface area contributed by atoms with Crippen molar-refractivity contribution in [3.63, 3.8) is 0 Å². The standard InChI is InChI=1S/C24H31ClN2O4/c1-5-17(3)26-24(29)22(6-2)27(15-18-7-9-19(25)10-8-18)23(28)16-31-21-13-11-20(30-4)12-14-21/h7-14,17,22H,5-6,15-16H2,1-4H3,(H,26,29)/t17-,22-/m1/s1. The lowest BCUT2D eigenvalue weighted by Gasteiger charge is -2.31. The summed E-state index contributed by atoms with van der Waals surface area (Å²) in [6.07, 6.45) is 1.30. The quantitative estimate of drug-likeness (QED) is 0.553. The highest BCUT2D eigenvalue weighted by Crippen LogP contribution is 2.19. The maximum absolute atomic E-state index is 13.1. The van der Waals surface area contributed by atoms with E-state index in [0.717, 1.165) is 12.0 Å². The van der Waals surface area contributed by atoms with E-state index < -0.39 is 6.04 Å². The SMILES string of the molecule is CC[C@@H](C)NC(=O)[C@@H](CC)N(Cc1ccc(Cl)cc1)C(=O)COc1ccc(OC)cc1. The number of hydrogen-bond donors (Lipinski definition) is 1. The molecule has 0 radical (unpaired) electrons. The molecule has 2 aromatic carbocycles. The number of methoxy groups -OCH3 is 1. The molecule has 0 fully saturated rings. The number of hydrogen-bond acceptors (Lipinski definition) is 4. The van der Waals surface area contributed by atoms with Crippen LogP contribution in [0.3, 0.4) is 0 Å². The van der Waals surface area contributed by atoms with Gasteiger partial charge in [-0.3, -0.25) is 9.59 Å². The Morgan fingerprint density at radius 2 is 1.61 bits per heavy atom. The molecular weight excluding hydrogens is 416 g/mol. The molecule has 0 aliphatic carbocycles. The van der Waals surface area contributed by atoms with Crippen molar-refractivity contribution >= 4 is 23.4 Å². The van der Waals surface area contributed by atoms with Crippen LogP contribution in [0, 0.1) is 0 Å². The Labute approximate surface area is 189 Å². The number of carbonyl (C=O) groups is 2. The van der Waals surface area contributed by atoms with E-state index in [2.05, 4.69) is 5.32 Å². The normalized spacial score (nSPS) is 12.5. The van der Waals surface area contributed by atoms with Crippen molar-refractivity contribution in [3.8, 4) is 11.5 Å². The van der Waals surface area contributed by atoms with Crippen LogP contribution in [0.2, 0.25) is 5.02 Å². The Kier molecular flexibility index (Phi) is 9.66. The molecule has 2 amide bonds. The van der Waals surface area contributed by atoms with E-state index in [1.165, 1.54) is 0 Å². The van der Waals surface area contributed by atoms with Crippen molar-refractivity contribution < 1.29 is 19.1 Å². The summed E-state index contributed by atoms with van der Waals surface area (Å²) in [5, 5.41) is 3.61. The zero-order valence-electron chi connectivity index (χ0n) is 18.6. The van der Waals surface area contributed by atoms with Crippen molar-refractivity contribution in [2.24, 2.45) is 0 Å². The lowest BCUT2D eigenvalue weighted by Crippen LogP contribution is -2.51. The van der Waals surface area contributed by atoms with Gasteiger partial charge in [0.1, 0.15) is 17.5 Å². The van der Waals surface area contributed by atoms with Crippen LogP contribution in [-0.2, 0) is 16.1 Å². The molecule has 168 valence electrons. The van der Waals surface area contributed by atoms with Crippen LogP contribution in [0.5, 0.6) is 11.5 Å². The van der Waals surface area contributed by atoms with Gasteiger partial charge in [-0.1, -0.05) is 37.6 Å². The first-order valence-corrected chi connectivity index (χ1v) is 10.9. The van der Waals surface area contributed by atoms with E-state index in [9.17, 15) is 9.59 Å². The van der Waals surface area contributed by atoms with Gasteiger partial charge in [-0.25, -0.2) is 0 Å². The Hall–Kier alpha value is -2.73. The van der Waals surface area contributed by atoms with Crippen molar-refractivity contribution in [1.29, 1.82) is 0 Å². The zero-order chi connectivity index (χ0) is 22.8. The van der Waals surface area contributed by atoms with Crippen LogP contribution in [0.25, 0.3) is 0 Å². The van der Waals surface area contributed by atoms with Crippen molar-refractivity contribution in [2.45, 2.75) is 52.2 Å². The zero-order valence-corrected chi connectivity index (χ0v) is 19.3. The summed E-state index contributed by atoms with van der Waals surface area (Å²) in [5.41, 5.74) is 0.886. The summed E-state index contributed by atoms with van der Waals surface area (Å²) in [6, 6.07) is 13.7. The van der Waals surface area contributed by atoms with Crippen LogP contribution in [-0.4, -0.2) is 42.5 Å². The smallest absolute Gasteiger partial charge is 0.261 e. The van der Waals surface area contributed by atoms with Crippen LogP contribution < -0.4 is 14.8 Å². The van der Waals surface area contributed by atoms with Gasteiger partial charge >= 0.3 is 0 Å². The average molecular weight is 447 g/mol. The van der Waals surface area contributed by atoms with Gasteiger partial charge in [0.05, 0.1) is 7.11 Å². The van der Waals surface area contributed by atoms with Gasteiger partial charge in [0.25, 0.3) is 5.91 Å². The highest BCUT2D eigenvalue weighted by atomic mass is 35.5. The fraction of sp³-hybridized carbons (Fsp3) is 0.417. The molecule has 0 unspecified atom stereocenters. The van der Waals surface area contributed by atoms with Crippen LogP contribution in [0.15, 0.2) is 48.5 Å². The second-order valence-electron chi connectivity index (χ2n) is 7.35. The van der Waals surface area contributed by atoms with Crippen LogP contribution >= 0.6 is 11.6 Å². The minimum Gasteiger partial charge on any atom is -0.497 e. The van der Waals surface area contributed by atoms with Gasteiger partial charge in [0.2, 0.25) is 5.91 Å². The number of carbonyl (C=O) groups excluding carboxylic acids is 2. The second-order valence-corrected chi connectivity index (χ2v) is 7.79. The van der Waals surface area contributed by atoms with Gasteiger partial charge in [0.15, 0.2) is 6.61 Å². The molecule has 2 atom stereocenters.